The quantitative estimate of drug-likeness (QED) is 0.604. The van der Waals surface area contributed by atoms with Crippen molar-refractivity contribution >= 4 is 5.78 Å². The number of ether oxygens (including phenoxy) is 1. The molecule has 1 saturated heterocycles. The molecule has 0 aromatic carbocycles. The van der Waals surface area contributed by atoms with Crippen LogP contribution in [0.1, 0.15) is 26.7 Å². The smallest absolute Gasteiger partial charge is 0.163 e. The number of ketones is 1. The summed E-state index contributed by atoms with van der Waals surface area (Å²) in [6.45, 7) is 3.68. The molecule has 0 aromatic rings. The number of Topliss-reactive ketones (excluding diaryl/α,β-unsaturated/α-hetero) is 1. The Labute approximate surface area is 66.4 Å². The summed E-state index contributed by atoms with van der Waals surface area (Å²) >= 11 is 0. The third kappa shape index (κ3) is 1.44. The molecule has 0 aliphatic carbocycles. The first-order valence-corrected chi connectivity index (χ1v) is 3.90. The van der Waals surface area contributed by atoms with Crippen molar-refractivity contribution in [3.8, 4) is 0 Å². The molecule has 0 spiro atoms. The summed E-state index contributed by atoms with van der Waals surface area (Å²) in [6.07, 6.45) is 0.869. The molecule has 0 bridgehead atoms. The molecule has 1 rings (SSSR count). The van der Waals surface area contributed by atoms with E-state index >= 15 is 0 Å². The second-order valence-corrected chi connectivity index (χ2v) is 3.17. The van der Waals surface area contributed by atoms with E-state index in [4.69, 9.17) is 4.74 Å². The van der Waals surface area contributed by atoms with Gasteiger partial charge in [-0.15, -0.1) is 0 Å². The largest absolute Gasteiger partial charge is 0.390 e. The fourth-order valence-electron chi connectivity index (χ4n) is 1.27. The van der Waals surface area contributed by atoms with Crippen LogP contribution in [0.5, 0.6) is 0 Å². The average molecular weight is 158 g/mol. The van der Waals surface area contributed by atoms with Crippen molar-refractivity contribution < 1.29 is 14.6 Å². The van der Waals surface area contributed by atoms with Crippen LogP contribution in [0.2, 0.25) is 0 Å². The summed E-state index contributed by atoms with van der Waals surface area (Å²) in [7, 11) is 0. The van der Waals surface area contributed by atoms with Crippen LogP contribution >= 0.6 is 0 Å². The number of aliphatic hydroxyl groups is 1. The van der Waals surface area contributed by atoms with Crippen molar-refractivity contribution in [2.75, 3.05) is 6.61 Å². The van der Waals surface area contributed by atoms with Gasteiger partial charge in [0.2, 0.25) is 0 Å². The average Bonchev–Trinajstić information content (AvgIpc) is 1.95. The lowest BCUT2D eigenvalue weighted by atomic mass is 9.89. The molecular weight excluding hydrogens is 144 g/mol. The summed E-state index contributed by atoms with van der Waals surface area (Å²) in [5.74, 6) is -0.0929. The molecule has 0 amide bonds. The number of carbonyl (C=O) groups is 1. The standard InChI is InChI=1S/C8H14O3/c1-6(9)8(2)7(10)4-3-5-11-8/h7,10H,3-5H2,1-2H3. The summed E-state index contributed by atoms with van der Waals surface area (Å²) in [5, 5.41) is 9.45. The highest BCUT2D eigenvalue weighted by Gasteiger charge is 2.40. The highest BCUT2D eigenvalue weighted by molar-refractivity contribution is 5.85. The maximum atomic E-state index is 11.0. The van der Waals surface area contributed by atoms with Gasteiger partial charge in [-0.1, -0.05) is 0 Å². The molecule has 3 heteroatoms. The van der Waals surface area contributed by atoms with E-state index in [-0.39, 0.29) is 5.78 Å². The Hall–Kier alpha value is -0.410. The van der Waals surface area contributed by atoms with Crippen molar-refractivity contribution in [3.63, 3.8) is 0 Å². The van der Waals surface area contributed by atoms with Crippen LogP contribution in [0.15, 0.2) is 0 Å². The minimum atomic E-state index is -0.946. The molecular formula is C8H14O3. The predicted molar refractivity (Wildman–Crippen MR) is 40.3 cm³/mol. The van der Waals surface area contributed by atoms with Gasteiger partial charge in [0.05, 0.1) is 6.10 Å². The van der Waals surface area contributed by atoms with Gasteiger partial charge in [-0.3, -0.25) is 4.79 Å². The van der Waals surface area contributed by atoms with Crippen molar-refractivity contribution in [2.45, 2.75) is 38.4 Å². The molecule has 0 aromatic heterocycles. The highest BCUT2D eigenvalue weighted by Crippen LogP contribution is 2.25. The van der Waals surface area contributed by atoms with Gasteiger partial charge in [0.1, 0.15) is 5.60 Å². The zero-order valence-electron chi connectivity index (χ0n) is 6.96. The van der Waals surface area contributed by atoms with E-state index in [1.54, 1.807) is 6.92 Å². The summed E-state index contributed by atoms with van der Waals surface area (Å²) in [6, 6.07) is 0. The lowest BCUT2D eigenvalue weighted by molar-refractivity contribution is -0.168. The topological polar surface area (TPSA) is 46.5 Å². The maximum Gasteiger partial charge on any atom is 0.163 e. The number of aliphatic hydroxyl groups excluding tert-OH is 1. The van der Waals surface area contributed by atoms with Crippen LogP contribution in [0.25, 0.3) is 0 Å². The van der Waals surface area contributed by atoms with E-state index < -0.39 is 11.7 Å². The molecule has 2 unspecified atom stereocenters. The van der Waals surface area contributed by atoms with Crippen LogP contribution in [0.3, 0.4) is 0 Å². The van der Waals surface area contributed by atoms with Crippen molar-refractivity contribution in [3.05, 3.63) is 0 Å². The Morgan fingerprint density at radius 1 is 1.73 bits per heavy atom. The molecule has 0 radical (unpaired) electrons. The summed E-state index contributed by atoms with van der Waals surface area (Å²) < 4.78 is 5.24. The zero-order chi connectivity index (χ0) is 8.48. The number of hydrogen-bond acceptors (Lipinski definition) is 3. The van der Waals surface area contributed by atoms with Crippen molar-refractivity contribution in [1.29, 1.82) is 0 Å². The van der Waals surface area contributed by atoms with Crippen LogP contribution in [0, 0.1) is 0 Å². The Bertz CT molecular complexity index is 167. The van der Waals surface area contributed by atoms with Gasteiger partial charge in [0.25, 0.3) is 0 Å². The zero-order valence-corrected chi connectivity index (χ0v) is 6.96. The Morgan fingerprint density at radius 3 is 2.73 bits per heavy atom. The van der Waals surface area contributed by atoms with Crippen LogP contribution < -0.4 is 0 Å². The van der Waals surface area contributed by atoms with Crippen LogP contribution in [-0.4, -0.2) is 29.2 Å². The van der Waals surface area contributed by atoms with E-state index in [0.29, 0.717) is 13.0 Å². The second-order valence-electron chi connectivity index (χ2n) is 3.17. The first-order chi connectivity index (χ1) is 5.07. The predicted octanol–water partition coefficient (Wildman–Crippen LogP) is 0.505. The third-order valence-corrected chi connectivity index (χ3v) is 2.36. The molecule has 1 aliphatic rings. The molecule has 1 aliphatic heterocycles. The summed E-state index contributed by atoms with van der Waals surface area (Å²) in [4.78, 5) is 11.0. The Kier molecular flexibility index (Phi) is 2.30. The molecule has 3 nitrogen and oxygen atoms in total. The van der Waals surface area contributed by atoms with Gasteiger partial charge in [0.15, 0.2) is 5.78 Å². The van der Waals surface area contributed by atoms with E-state index in [2.05, 4.69) is 0 Å². The lowest BCUT2D eigenvalue weighted by Gasteiger charge is -2.36. The van der Waals surface area contributed by atoms with E-state index in [1.165, 1.54) is 6.92 Å². The molecule has 1 heterocycles. The van der Waals surface area contributed by atoms with Gasteiger partial charge >= 0.3 is 0 Å². The minimum absolute atomic E-state index is 0.0929. The number of rotatable bonds is 1. The van der Waals surface area contributed by atoms with Crippen LogP contribution in [0.4, 0.5) is 0 Å². The SMILES string of the molecule is CC(=O)C1(C)OCCCC1O. The minimum Gasteiger partial charge on any atom is -0.390 e. The van der Waals surface area contributed by atoms with Gasteiger partial charge in [-0.25, -0.2) is 0 Å². The first kappa shape index (κ1) is 8.68. The third-order valence-electron chi connectivity index (χ3n) is 2.36. The number of carbonyl (C=O) groups excluding carboxylic acids is 1. The Balaban J connectivity index is 2.72. The lowest BCUT2D eigenvalue weighted by Crippen LogP contribution is -2.51. The Morgan fingerprint density at radius 2 is 2.36 bits per heavy atom. The van der Waals surface area contributed by atoms with Gasteiger partial charge in [-0.05, 0) is 26.7 Å². The van der Waals surface area contributed by atoms with E-state index in [1.807, 2.05) is 0 Å². The van der Waals surface area contributed by atoms with Gasteiger partial charge in [-0.2, -0.15) is 0 Å². The van der Waals surface area contributed by atoms with Crippen LogP contribution in [-0.2, 0) is 9.53 Å². The molecule has 1 fully saturated rings. The normalized spacial score (nSPS) is 38.6. The first-order valence-electron chi connectivity index (χ1n) is 3.90. The highest BCUT2D eigenvalue weighted by atomic mass is 16.5. The second kappa shape index (κ2) is 2.91. The fourth-order valence-corrected chi connectivity index (χ4v) is 1.27. The van der Waals surface area contributed by atoms with Gasteiger partial charge < -0.3 is 9.84 Å². The fraction of sp³-hybridized carbons (Fsp3) is 0.875. The van der Waals surface area contributed by atoms with Gasteiger partial charge in [0, 0.05) is 6.61 Å². The van der Waals surface area contributed by atoms with Crippen molar-refractivity contribution in [1.82, 2.24) is 0 Å². The molecule has 2 atom stereocenters. The van der Waals surface area contributed by atoms with E-state index in [9.17, 15) is 9.90 Å². The monoisotopic (exact) mass is 158 g/mol. The van der Waals surface area contributed by atoms with Crippen molar-refractivity contribution in [2.24, 2.45) is 0 Å². The molecule has 0 saturated carbocycles. The summed E-state index contributed by atoms with van der Waals surface area (Å²) in [5.41, 5.74) is -0.946. The molecule has 64 valence electrons. The number of hydrogen-bond donors (Lipinski definition) is 1. The molecule has 11 heavy (non-hydrogen) atoms. The van der Waals surface area contributed by atoms with E-state index in [0.717, 1.165) is 6.42 Å². The molecule has 1 N–H and O–H groups in total. The maximum absolute atomic E-state index is 11.0.